The van der Waals surface area contributed by atoms with Crippen LogP contribution in [0.4, 0.5) is 10.1 Å². The number of nitrogens with zero attached hydrogens (tertiary/aromatic N) is 4. The Morgan fingerprint density at radius 3 is 2.41 bits per heavy atom. The first-order valence-electron chi connectivity index (χ1n) is 7.06. The minimum absolute atomic E-state index is 0.147. The Bertz CT molecular complexity index is 617. The summed E-state index contributed by atoms with van der Waals surface area (Å²) in [5, 5.41) is 7.12. The summed E-state index contributed by atoms with van der Waals surface area (Å²) in [5.41, 5.74) is 0.941. The Kier molecular flexibility index (Phi) is 3.95. The molecule has 1 unspecified atom stereocenters. The molecule has 2 aliphatic heterocycles. The van der Waals surface area contributed by atoms with Gasteiger partial charge in [-0.25, -0.2) is 4.39 Å². The van der Waals surface area contributed by atoms with Crippen LogP contribution in [-0.4, -0.2) is 48.9 Å². The molecule has 0 saturated carbocycles. The molecule has 1 saturated heterocycles. The highest BCUT2D eigenvalue weighted by atomic mass is 19.1. The van der Waals surface area contributed by atoms with Crippen LogP contribution in [0.15, 0.2) is 46.6 Å². The van der Waals surface area contributed by atoms with E-state index in [0.717, 1.165) is 5.69 Å². The molecule has 0 aromatic heterocycles. The maximum absolute atomic E-state index is 12.9. The van der Waals surface area contributed by atoms with E-state index in [9.17, 15) is 14.0 Å². The molecule has 0 spiro atoms. The first-order valence-corrected chi connectivity index (χ1v) is 7.06. The Morgan fingerprint density at radius 2 is 1.82 bits per heavy atom. The number of halogens is 1. The van der Waals surface area contributed by atoms with Gasteiger partial charge in [0.2, 0.25) is 0 Å². The van der Waals surface area contributed by atoms with Gasteiger partial charge in [-0.05, 0) is 30.3 Å². The second-order valence-electron chi connectivity index (χ2n) is 5.15. The van der Waals surface area contributed by atoms with Gasteiger partial charge in [0.1, 0.15) is 5.82 Å². The molecule has 0 aliphatic carbocycles. The predicted molar refractivity (Wildman–Crippen MR) is 78.0 cm³/mol. The van der Waals surface area contributed by atoms with Gasteiger partial charge in [-0.1, -0.05) is 0 Å². The number of piperazine rings is 1. The Hall–Kier alpha value is -2.57. The number of carbonyl (C=O) groups is 2. The largest absolute Gasteiger partial charge is 0.368 e. The van der Waals surface area contributed by atoms with Crippen LogP contribution < -0.4 is 4.90 Å². The van der Waals surface area contributed by atoms with Gasteiger partial charge in [-0.2, -0.15) is 5.11 Å². The van der Waals surface area contributed by atoms with Crippen molar-refractivity contribution >= 4 is 17.5 Å². The van der Waals surface area contributed by atoms with E-state index in [1.54, 1.807) is 17.0 Å². The molecule has 2 amide bonds. The molecule has 2 aliphatic rings. The minimum atomic E-state index is -0.699. The fourth-order valence-corrected chi connectivity index (χ4v) is 2.52. The molecule has 0 N–H and O–H groups in total. The van der Waals surface area contributed by atoms with Crippen LogP contribution in [0.25, 0.3) is 0 Å². The number of carbonyl (C=O) groups excluding carboxylic acids is 2. The van der Waals surface area contributed by atoms with Crippen molar-refractivity contribution in [3.63, 3.8) is 0 Å². The van der Waals surface area contributed by atoms with E-state index < -0.39 is 11.9 Å². The van der Waals surface area contributed by atoms with Crippen molar-refractivity contribution in [2.24, 2.45) is 10.2 Å². The molecule has 7 heteroatoms. The van der Waals surface area contributed by atoms with Crippen molar-refractivity contribution in [3.8, 4) is 0 Å². The minimum Gasteiger partial charge on any atom is -0.368 e. The lowest BCUT2D eigenvalue weighted by atomic mass is 10.2. The summed E-state index contributed by atoms with van der Waals surface area (Å²) in [6.45, 7) is 2.46. The molecule has 1 aromatic rings. The van der Waals surface area contributed by atoms with Gasteiger partial charge in [0.25, 0.3) is 11.8 Å². The summed E-state index contributed by atoms with van der Waals surface area (Å²) in [5.74, 6) is -0.849. The third-order valence-electron chi connectivity index (χ3n) is 3.74. The molecule has 6 nitrogen and oxygen atoms in total. The Balaban J connectivity index is 1.58. The number of anilines is 1. The molecule has 3 rings (SSSR count). The van der Waals surface area contributed by atoms with E-state index in [0.29, 0.717) is 26.2 Å². The SMILES string of the molecule is O=C1C=CC(C(=O)N2CCN(c3ccc(F)cc3)CC2)N=N1. The van der Waals surface area contributed by atoms with Crippen LogP contribution in [0, 0.1) is 5.82 Å². The predicted octanol–water partition coefficient (Wildman–Crippen LogP) is 1.39. The lowest BCUT2D eigenvalue weighted by molar-refractivity contribution is -0.131. The smallest absolute Gasteiger partial charge is 0.287 e. The van der Waals surface area contributed by atoms with E-state index in [1.165, 1.54) is 24.3 Å². The van der Waals surface area contributed by atoms with Crippen molar-refractivity contribution in [2.75, 3.05) is 31.1 Å². The molecule has 114 valence electrons. The normalized spacial score (nSPS) is 21.3. The van der Waals surface area contributed by atoms with Gasteiger partial charge in [0.05, 0.1) is 0 Å². The van der Waals surface area contributed by atoms with E-state index >= 15 is 0 Å². The Morgan fingerprint density at radius 1 is 1.14 bits per heavy atom. The summed E-state index contributed by atoms with van der Waals surface area (Å²) < 4.78 is 12.9. The lowest BCUT2D eigenvalue weighted by Gasteiger charge is -2.36. The zero-order valence-electron chi connectivity index (χ0n) is 11.9. The van der Waals surface area contributed by atoms with Gasteiger partial charge in [0.15, 0.2) is 6.04 Å². The first kappa shape index (κ1) is 14.4. The molecule has 22 heavy (non-hydrogen) atoms. The van der Waals surface area contributed by atoms with Crippen molar-refractivity contribution < 1.29 is 14.0 Å². The maximum atomic E-state index is 12.9. The average molecular weight is 302 g/mol. The van der Waals surface area contributed by atoms with Crippen molar-refractivity contribution in [1.82, 2.24) is 4.90 Å². The Labute approximate surface area is 126 Å². The summed E-state index contributed by atoms with van der Waals surface area (Å²) in [7, 11) is 0. The number of hydrogen-bond acceptors (Lipinski definition) is 4. The third-order valence-corrected chi connectivity index (χ3v) is 3.74. The monoisotopic (exact) mass is 302 g/mol. The van der Waals surface area contributed by atoms with Gasteiger partial charge < -0.3 is 9.80 Å². The standard InChI is InChI=1S/C15H15FN4O2/c16-11-1-3-12(4-2-11)19-7-9-20(10-8-19)15(22)13-5-6-14(21)18-17-13/h1-6,13H,7-10H2. The van der Waals surface area contributed by atoms with E-state index in [-0.39, 0.29) is 11.7 Å². The lowest BCUT2D eigenvalue weighted by Crippen LogP contribution is -2.51. The van der Waals surface area contributed by atoms with Crippen LogP contribution >= 0.6 is 0 Å². The van der Waals surface area contributed by atoms with Crippen molar-refractivity contribution in [1.29, 1.82) is 0 Å². The summed E-state index contributed by atoms with van der Waals surface area (Å²) in [6.07, 6.45) is 2.74. The number of hydrogen-bond donors (Lipinski definition) is 0. The highest BCUT2D eigenvalue weighted by molar-refractivity contribution is 5.92. The fraction of sp³-hybridized carbons (Fsp3) is 0.333. The second kappa shape index (κ2) is 6.05. The van der Waals surface area contributed by atoms with E-state index in [2.05, 4.69) is 15.1 Å². The number of amides is 2. The number of rotatable bonds is 2. The van der Waals surface area contributed by atoms with Crippen molar-refractivity contribution in [3.05, 3.63) is 42.2 Å². The highest BCUT2D eigenvalue weighted by Crippen LogP contribution is 2.18. The van der Waals surface area contributed by atoms with Crippen molar-refractivity contribution in [2.45, 2.75) is 6.04 Å². The van der Waals surface area contributed by atoms with Crippen LogP contribution in [0.3, 0.4) is 0 Å². The zero-order valence-corrected chi connectivity index (χ0v) is 11.9. The topological polar surface area (TPSA) is 65.3 Å². The summed E-state index contributed by atoms with van der Waals surface area (Å²) in [6, 6.07) is 5.62. The van der Waals surface area contributed by atoms with Gasteiger partial charge in [0, 0.05) is 37.9 Å². The zero-order chi connectivity index (χ0) is 15.5. The van der Waals surface area contributed by atoms with Crippen LogP contribution in [0.5, 0.6) is 0 Å². The fourth-order valence-electron chi connectivity index (χ4n) is 2.52. The maximum Gasteiger partial charge on any atom is 0.287 e. The second-order valence-corrected chi connectivity index (χ2v) is 5.15. The first-order chi connectivity index (χ1) is 10.6. The quantitative estimate of drug-likeness (QED) is 0.829. The molecule has 2 heterocycles. The van der Waals surface area contributed by atoms with Crippen LogP contribution in [0.2, 0.25) is 0 Å². The third kappa shape index (κ3) is 3.03. The summed E-state index contributed by atoms with van der Waals surface area (Å²) in [4.78, 5) is 27.0. The van der Waals surface area contributed by atoms with E-state index in [1.807, 2.05) is 0 Å². The van der Waals surface area contributed by atoms with Gasteiger partial charge >= 0.3 is 0 Å². The molecule has 0 bridgehead atoms. The molecular formula is C15H15FN4O2. The van der Waals surface area contributed by atoms with Gasteiger partial charge in [-0.3, -0.25) is 9.59 Å². The molecule has 1 fully saturated rings. The average Bonchev–Trinajstić information content (AvgIpc) is 2.56. The van der Waals surface area contributed by atoms with Crippen LogP contribution in [0.1, 0.15) is 0 Å². The van der Waals surface area contributed by atoms with E-state index in [4.69, 9.17) is 0 Å². The van der Waals surface area contributed by atoms with Crippen LogP contribution in [-0.2, 0) is 9.59 Å². The molecule has 1 aromatic carbocycles. The molecule has 0 radical (unpaired) electrons. The number of azo groups is 1. The highest BCUT2D eigenvalue weighted by Gasteiger charge is 2.27. The molecular weight excluding hydrogens is 287 g/mol. The van der Waals surface area contributed by atoms with Gasteiger partial charge in [-0.15, -0.1) is 5.11 Å². The number of benzene rings is 1. The summed E-state index contributed by atoms with van der Waals surface area (Å²) >= 11 is 0. The molecule has 1 atom stereocenters.